The van der Waals surface area contributed by atoms with Gasteiger partial charge in [0.25, 0.3) is 0 Å². The molecule has 1 aromatic carbocycles. The van der Waals surface area contributed by atoms with Crippen LogP contribution < -0.4 is 5.32 Å². The van der Waals surface area contributed by atoms with Crippen molar-refractivity contribution in [1.82, 2.24) is 5.32 Å². The Morgan fingerprint density at radius 2 is 2.09 bits per heavy atom. The molecule has 22 heavy (non-hydrogen) atoms. The summed E-state index contributed by atoms with van der Waals surface area (Å²) in [4.78, 5) is 12.0. The second kappa shape index (κ2) is 7.11. The second-order valence-electron chi connectivity index (χ2n) is 5.04. The fraction of sp³-hybridized carbons (Fsp3) is 0.533. The third kappa shape index (κ3) is 4.20. The molecule has 2 atom stereocenters. The van der Waals surface area contributed by atoms with Gasteiger partial charge in [-0.25, -0.2) is 0 Å². The highest BCUT2D eigenvalue weighted by molar-refractivity contribution is 5.79. The van der Waals surface area contributed by atoms with E-state index in [4.69, 9.17) is 9.47 Å². The lowest BCUT2D eigenvalue weighted by molar-refractivity contribution is -0.138. The Kier molecular flexibility index (Phi) is 5.42. The lowest BCUT2D eigenvalue weighted by Gasteiger charge is -2.19. The minimum Gasteiger partial charge on any atom is -0.376 e. The highest BCUT2D eigenvalue weighted by Crippen LogP contribution is 2.32. The molecule has 1 N–H and O–H groups in total. The molecule has 1 aliphatic heterocycles. The Labute approximate surface area is 126 Å². The molecule has 4 nitrogen and oxygen atoms in total. The van der Waals surface area contributed by atoms with E-state index in [1.807, 2.05) is 6.92 Å². The lowest BCUT2D eigenvalue weighted by Crippen LogP contribution is -2.44. The number of rotatable bonds is 5. The van der Waals surface area contributed by atoms with Crippen LogP contribution in [0.3, 0.4) is 0 Å². The van der Waals surface area contributed by atoms with Gasteiger partial charge in [-0.2, -0.15) is 13.2 Å². The highest BCUT2D eigenvalue weighted by atomic mass is 19.4. The minimum absolute atomic E-state index is 0.0422. The standard InChI is InChI=1S/C15H18F3NO3/c1-2-22-13-9-21-8-12(13)19-14(20)7-10-5-3-4-6-11(10)15(16,17)18/h3-6,12-13H,2,7-9H2,1H3,(H,19,20)/t12-,13-/m0/s1. The topological polar surface area (TPSA) is 47.6 Å². The quantitative estimate of drug-likeness (QED) is 0.905. The van der Waals surface area contributed by atoms with Gasteiger partial charge in [-0.1, -0.05) is 18.2 Å². The second-order valence-corrected chi connectivity index (χ2v) is 5.04. The predicted molar refractivity (Wildman–Crippen MR) is 73.3 cm³/mol. The summed E-state index contributed by atoms with van der Waals surface area (Å²) in [6, 6.07) is 4.75. The van der Waals surface area contributed by atoms with Gasteiger partial charge in [-0.3, -0.25) is 4.79 Å². The van der Waals surface area contributed by atoms with Crippen LogP contribution in [0.5, 0.6) is 0 Å². The van der Waals surface area contributed by atoms with Gasteiger partial charge < -0.3 is 14.8 Å². The van der Waals surface area contributed by atoms with Crippen molar-refractivity contribution >= 4 is 5.91 Å². The Balaban J connectivity index is 2.01. The number of carbonyl (C=O) groups is 1. The van der Waals surface area contributed by atoms with Crippen molar-refractivity contribution in [2.24, 2.45) is 0 Å². The minimum atomic E-state index is -4.47. The van der Waals surface area contributed by atoms with Gasteiger partial charge in [0.1, 0.15) is 6.10 Å². The zero-order valence-electron chi connectivity index (χ0n) is 12.2. The van der Waals surface area contributed by atoms with Crippen molar-refractivity contribution < 1.29 is 27.4 Å². The zero-order chi connectivity index (χ0) is 16.2. The van der Waals surface area contributed by atoms with Crippen molar-refractivity contribution in [2.75, 3.05) is 19.8 Å². The van der Waals surface area contributed by atoms with E-state index in [2.05, 4.69) is 5.32 Å². The van der Waals surface area contributed by atoms with E-state index in [0.29, 0.717) is 19.8 Å². The number of benzene rings is 1. The van der Waals surface area contributed by atoms with Crippen LogP contribution in [0.2, 0.25) is 0 Å². The molecule has 0 spiro atoms. The molecular formula is C15H18F3NO3. The number of hydrogen-bond donors (Lipinski definition) is 1. The molecule has 0 bridgehead atoms. The first-order valence-electron chi connectivity index (χ1n) is 7.05. The third-order valence-corrected chi connectivity index (χ3v) is 3.43. The molecule has 1 heterocycles. The van der Waals surface area contributed by atoms with E-state index in [1.54, 1.807) is 0 Å². The normalized spacial score (nSPS) is 21.8. The number of amides is 1. The third-order valence-electron chi connectivity index (χ3n) is 3.43. The monoisotopic (exact) mass is 317 g/mol. The van der Waals surface area contributed by atoms with Crippen LogP contribution >= 0.6 is 0 Å². The Morgan fingerprint density at radius 1 is 1.36 bits per heavy atom. The maximum atomic E-state index is 12.9. The van der Waals surface area contributed by atoms with Crippen LogP contribution in [-0.4, -0.2) is 37.9 Å². The van der Waals surface area contributed by atoms with E-state index in [9.17, 15) is 18.0 Å². The SMILES string of the molecule is CCO[C@H]1COC[C@@H]1NC(=O)Cc1ccccc1C(F)(F)F. The van der Waals surface area contributed by atoms with E-state index >= 15 is 0 Å². The van der Waals surface area contributed by atoms with Crippen LogP contribution in [0.4, 0.5) is 13.2 Å². The molecule has 0 radical (unpaired) electrons. The molecule has 2 rings (SSSR count). The van der Waals surface area contributed by atoms with Gasteiger partial charge in [-0.05, 0) is 18.6 Å². The largest absolute Gasteiger partial charge is 0.416 e. The summed E-state index contributed by atoms with van der Waals surface area (Å²) in [5.74, 6) is -0.475. The summed E-state index contributed by atoms with van der Waals surface area (Å²) >= 11 is 0. The van der Waals surface area contributed by atoms with Crippen LogP contribution in [0.25, 0.3) is 0 Å². The lowest BCUT2D eigenvalue weighted by atomic mass is 10.0. The molecule has 1 saturated heterocycles. The molecule has 0 unspecified atom stereocenters. The van der Waals surface area contributed by atoms with E-state index in [-0.39, 0.29) is 24.1 Å². The average Bonchev–Trinajstić information content (AvgIpc) is 2.86. The summed E-state index contributed by atoms with van der Waals surface area (Å²) in [6.07, 6.45) is -5.06. The molecule has 7 heteroatoms. The first kappa shape index (κ1) is 16.8. The van der Waals surface area contributed by atoms with E-state index in [0.717, 1.165) is 6.07 Å². The molecule has 0 saturated carbocycles. The molecule has 0 aliphatic carbocycles. The van der Waals surface area contributed by atoms with E-state index in [1.165, 1.54) is 18.2 Å². The van der Waals surface area contributed by atoms with Crippen molar-refractivity contribution in [3.05, 3.63) is 35.4 Å². The first-order chi connectivity index (χ1) is 10.4. The first-order valence-corrected chi connectivity index (χ1v) is 7.05. The molecule has 1 aliphatic rings. The van der Waals surface area contributed by atoms with Gasteiger partial charge in [0, 0.05) is 6.61 Å². The summed E-state index contributed by atoms with van der Waals surface area (Å²) in [7, 11) is 0. The van der Waals surface area contributed by atoms with Crippen LogP contribution in [0, 0.1) is 0 Å². The number of nitrogens with one attached hydrogen (secondary N) is 1. The summed E-state index contributed by atoms with van der Waals surface area (Å²) in [6.45, 7) is 2.99. The molecule has 1 fully saturated rings. The maximum absolute atomic E-state index is 12.9. The van der Waals surface area contributed by atoms with Crippen molar-refractivity contribution in [1.29, 1.82) is 0 Å². The van der Waals surface area contributed by atoms with Crippen molar-refractivity contribution in [3.63, 3.8) is 0 Å². The number of carbonyl (C=O) groups excluding carboxylic acids is 1. The molecule has 0 aromatic heterocycles. The summed E-state index contributed by atoms with van der Waals surface area (Å²) in [5.41, 5.74) is -0.825. The van der Waals surface area contributed by atoms with Gasteiger partial charge in [0.05, 0.1) is 31.2 Å². The number of alkyl halides is 3. The fourth-order valence-electron chi connectivity index (χ4n) is 2.43. The summed E-state index contributed by atoms with van der Waals surface area (Å²) in [5, 5.41) is 2.68. The molecule has 122 valence electrons. The Morgan fingerprint density at radius 3 is 2.77 bits per heavy atom. The van der Waals surface area contributed by atoms with E-state index < -0.39 is 17.6 Å². The molecule has 1 aromatic rings. The maximum Gasteiger partial charge on any atom is 0.416 e. The van der Waals surface area contributed by atoms with Gasteiger partial charge in [0.15, 0.2) is 0 Å². The average molecular weight is 317 g/mol. The molecular weight excluding hydrogens is 299 g/mol. The zero-order valence-corrected chi connectivity index (χ0v) is 12.2. The van der Waals surface area contributed by atoms with Crippen LogP contribution in [0.1, 0.15) is 18.1 Å². The number of halogens is 3. The van der Waals surface area contributed by atoms with Crippen molar-refractivity contribution in [2.45, 2.75) is 31.7 Å². The van der Waals surface area contributed by atoms with Crippen LogP contribution in [0.15, 0.2) is 24.3 Å². The predicted octanol–water partition coefficient (Wildman–Crippen LogP) is 2.17. The number of ether oxygens (including phenoxy) is 2. The molecule has 1 amide bonds. The Bertz CT molecular complexity index is 519. The fourth-order valence-corrected chi connectivity index (χ4v) is 2.43. The van der Waals surface area contributed by atoms with Gasteiger partial charge in [-0.15, -0.1) is 0 Å². The van der Waals surface area contributed by atoms with Crippen LogP contribution in [-0.2, 0) is 26.9 Å². The Hall–Kier alpha value is -1.60. The number of hydrogen-bond acceptors (Lipinski definition) is 3. The van der Waals surface area contributed by atoms with Gasteiger partial charge >= 0.3 is 6.18 Å². The smallest absolute Gasteiger partial charge is 0.376 e. The van der Waals surface area contributed by atoms with Gasteiger partial charge in [0.2, 0.25) is 5.91 Å². The summed E-state index contributed by atoms with van der Waals surface area (Å²) < 4.78 is 49.3. The highest BCUT2D eigenvalue weighted by Gasteiger charge is 2.34. The van der Waals surface area contributed by atoms with Crippen molar-refractivity contribution in [3.8, 4) is 0 Å².